The second-order valence-electron chi connectivity index (χ2n) is 3.76. The fraction of sp³-hybridized carbons (Fsp3) is 0.467. The third-order valence-electron chi connectivity index (χ3n) is 2.32. The van der Waals surface area contributed by atoms with Crippen LogP contribution in [0.25, 0.3) is 0 Å². The minimum Gasteiger partial charge on any atom is -0.497 e. The Morgan fingerprint density at radius 2 is 1.82 bits per heavy atom. The van der Waals surface area contributed by atoms with Gasteiger partial charge >= 0.3 is 5.97 Å². The van der Waals surface area contributed by atoms with Crippen molar-refractivity contribution < 1.29 is 14.6 Å². The molecule has 0 aliphatic carbocycles. The molecule has 0 aliphatic heterocycles. The van der Waals surface area contributed by atoms with Gasteiger partial charge in [-0.15, -0.1) is 5.11 Å². The molecule has 0 atom stereocenters. The van der Waals surface area contributed by atoms with E-state index in [0.717, 1.165) is 12.2 Å². The standard InChI is InChI=1S/C9H12O.C4H8N4O2.C2H6/c1-3-8-4-6-9(10-2)7-5-8;5-3(7-8-6)1-2-4(9)10;1-2/h4-7H,3H2,1-2H3;1-2H2,(H,9,10)(H3,5,6,7);1-2H3. The topological polar surface area (TPSA) is 121 Å². The number of nitrogens with one attached hydrogen (secondary N) is 1. The van der Waals surface area contributed by atoms with Crippen molar-refractivity contribution in [3.63, 3.8) is 0 Å². The number of amidine groups is 1. The molecule has 1 aromatic rings. The second-order valence-corrected chi connectivity index (χ2v) is 3.76. The molecule has 0 aromatic heterocycles. The van der Waals surface area contributed by atoms with Crippen molar-refractivity contribution in [1.82, 2.24) is 0 Å². The van der Waals surface area contributed by atoms with Gasteiger partial charge < -0.3 is 15.7 Å². The Bertz CT molecular complexity index is 422. The molecule has 1 rings (SSSR count). The zero-order valence-electron chi connectivity index (χ0n) is 13.7. The first kappa shape index (κ1) is 21.9. The van der Waals surface area contributed by atoms with Crippen LogP contribution in [0.2, 0.25) is 0 Å². The Morgan fingerprint density at radius 3 is 2.18 bits per heavy atom. The Hall–Kier alpha value is -2.44. The normalized spacial score (nSPS) is 9.09. The second kappa shape index (κ2) is 15.0. The van der Waals surface area contributed by atoms with Crippen LogP contribution in [0.4, 0.5) is 0 Å². The Kier molecular flexibility index (Phi) is 14.9. The number of rotatable bonds is 5. The van der Waals surface area contributed by atoms with E-state index in [0.29, 0.717) is 0 Å². The van der Waals surface area contributed by atoms with E-state index in [2.05, 4.69) is 35.2 Å². The SMILES string of the molecule is CC.CCc1ccc(OC)cc1.N=C(CCC(=O)O)N=NN. The highest BCUT2D eigenvalue weighted by atomic mass is 16.5. The fourth-order valence-corrected chi connectivity index (χ4v) is 1.21. The summed E-state index contributed by atoms with van der Waals surface area (Å²) in [5.41, 5.74) is 1.35. The molecular formula is C15H26N4O3. The van der Waals surface area contributed by atoms with Crippen molar-refractivity contribution >= 4 is 11.8 Å². The van der Waals surface area contributed by atoms with Crippen LogP contribution in [-0.4, -0.2) is 24.0 Å². The summed E-state index contributed by atoms with van der Waals surface area (Å²) in [7, 11) is 1.68. The van der Waals surface area contributed by atoms with Crippen molar-refractivity contribution in [1.29, 1.82) is 5.41 Å². The molecule has 0 amide bonds. The molecule has 124 valence electrons. The average Bonchev–Trinajstić information content (AvgIpc) is 2.56. The van der Waals surface area contributed by atoms with Crippen LogP contribution in [0.15, 0.2) is 34.6 Å². The summed E-state index contributed by atoms with van der Waals surface area (Å²) in [6, 6.07) is 8.13. The summed E-state index contributed by atoms with van der Waals surface area (Å²) in [4.78, 5) is 9.91. The van der Waals surface area contributed by atoms with Crippen LogP contribution in [0, 0.1) is 5.41 Å². The number of carboxylic acids is 1. The molecule has 0 saturated carbocycles. The minimum absolute atomic E-state index is 0.0655. The van der Waals surface area contributed by atoms with Gasteiger partial charge in [-0.05, 0) is 24.1 Å². The van der Waals surface area contributed by atoms with E-state index in [9.17, 15) is 4.79 Å². The number of nitrogens with zero attached hydrogens (tertiary/aromatic N) is 2. The van der Waals surface area contributed by atoms with Crippen molar-refractivity contribution in [3.05, 3.63) is 29.8 Å². The predicted molar refractivity (Wildman–Crippen MR) is 87.4 cm³/mol. The first-order valence-electron chi connectivity index (χ1n) is 7.06. The number of carboxylic acid groups (broad SMARTS) is 1. The Morgan fingerprint density at radius 1 is 1.27 bits per heavy atom. The van der Waals surface area contributed by atoms with E-state index in [4.69, 9.17) is 15.3 Å². The van der Waals surface area contributed by atoms with Gasteiger partial charge in [0.2, 0.25) is 0 Å². The maximum absolute atomic E-state index is 9.91. The lowest BCUT2D eigenvalue weighted by atomic mass is 10.2. The highest BCUT2D eigenvalue weighted by Crippen LogP contribution is 2.10. The number of aryl methyl sites for hydroxylation is 1. The van der Waals surface area contributed by atoms with Gasteiger partial charge in [-0.2, -0.15) is 0 Å². The molecule has 22 heavy (non-hydrogen) atoms. The van der Waals surface area contributed by atoms with Crippen LogP contribution in [0.3, 0.4) is 0 Å². The summed E-state index contributed by atoms with van der Waals surface area (Å²) < 4.78 is 5.01. The number of benzene rings is 1. The van der Waals surface area contributed by atoms with Crippen LogP contribution < -0.4 is 10.6 Å². The summed E-state index contributed by atoms with van der Waals surface area (Å²) in [6.07, 6.45) is 1.04. The quantitative estimate of drug-likeness (QED) is 0.253. The largest absolute Gasteiger partial charge is 0.497 e. The van der Waals surface area contributed by atoms with Crippen molar-refractivity contribution in [2.75, 3.05) is 7.11 Å². The molecule has 0 spiro atoms. The fourth-order valence-electron chi connectivity index (χ4n) is 1.21. The zero-order chi connectivity index (χ0) is 17.4. The molecule has 7 heteroatoms. The number of hydrogen-bond acceptors (Lipinski definition) is 4. The lowest BCUT2D eigenvalue weighted by Gasteiger charge is -1.99. The number of aliphatic carboxylic acids is 1. The number of hydrogen-bond donors (Lipinski definition) is 3. The van der Waals surface area contributed by atoms with Crippen molar-refractivity contribution in [3.8, 4) is 5.75 Å². The van der Waals surface area contributed by atoms with Gasteiger partial charge in [0.05, 0.1) is 13.5 Å². The van der Waals surface area contributed by atoms with E-state index in [1.165, 1.54) is 5.56 Å². The molecule has 0 unspecified atom stereocenters. The minimum atomic E-state index is -0.961. The van der Waals surface area contributed by atoms with E-state index in [1.54, 1.807) is 7.11 Å². The maximum Gasteiger partial charge on any atom is 0.303 e. The average molecular weight is 310 g/mol. The van der Waals surface area contributed by atoms with Crippen molar-refractivity contribution in [2.24, 2.45) is 16.2 Å². The molecular weight excluding hydrogens is 284 g/mol. The maximum atomic E-state index is 9.91. The van der Waals surface area contributed by atoms with Gasteiger partial charge in [0.1, 0.15) is 11.6 Å². The summed E-state index contributed by atoms with van der Waals surface area (Å²) >= 11 is 0. The highest BCUT2D eigenvalue weighted by Gasteiger charge is 1.99. The summed E-state index contributed by atoms with van der Waals surface area (Å²) in [5, 5.41) is 20.9. The van der Waals surface area contributed by atoms with Gasteiger partial charge in [0, 0.05) is 6.42 Å². The van der Waals surface area contributed by atoms with E-state index < -0.39 is 5.97 Å². The van der Waals surface area contributed by atoms with Crippen LogP contribution in [0.1, 0.15) is 39.2 Å². The molecule has 4 N–H and O–H groups in total. The monoisotopic (exact) mass is 310 g/mol. The van der Waals surface area contributed by atoms with Gasteiger partial charge in [-0.25, -0.2) is 0 Å². The van der Waals surface area contributed by atoms with Crippen LogP contribution in [0.5, 0.6) is 5.75 Å². The summed E-state index contributed by atoms with van der Waals surface area (Å²) in [5.74, 6) is 4.45. The van der Waals surface area contributed by atoms with Gasteiger partial charge in [-0.1, -0.05) is 38.1 Å². The molecule has 1 aromatic carbocycles. The number of nitrogens with two attached hydrogens (primary N) is 1. The molecule has 0 fully saturated rings. The molecule has 0 radical (unpaired) electrons. The number of methoxy groups -OCH3 is 1. The Balaban J connectivity index is 0. The van der Waals surface area contributed by atoms with E-state index in [-0.39, 0.29) is 18.7 Å². The van der Waals surface area contributed by atoms with Gasteiger partial charge in [0.25, 0.3) is 0 Å². The molecule has 0 aliphatic rings. The molecule has 0 heterocycles. The number of carbonyl (C=O) groups is 1. The lowest BCUT2D eigenvalue weighted by molar-refractivity contribution is -0.136. The van der Waals surface area contributed by atoms with E-state index >= 15 is 0 Å². The first-order valence-corrected chi connectivity index (χ1v) is 7.06. The molecule has 0 bridgehead atoms. The van der Waals surface area contributed by atoms with Crippen LogP contribution >= 0.6 is 0 Å². The van der Waals surface area contributed by atoms with Gasteiger partial charge in [-0.3, -0.25) is 10.2 Å². The molecule has 0 saturated heterocycles. The third kappa shape index (κ3) is 12.6. The zero-order valence-corrected chi connectivity index (χ0v) is 13.7. The van der Waals surface area contributed by atoms with E-state index in [1.807, 2.05) is 26.0 Å². The lowest BCUT2D eigenvalue weighted by Crippen LogP contribution is -1.99. The number of ether oxygens (including phenoxy) is 1. The smallest absolute Gasteiger partial charge is 0.303 e. The predicted octanol–water partition coefficient (Wildman–Crippen LogP) is 3.44. The Labute approximate surface area is 131 Å². The first-order chi connectivity index (χ1) is 10.5. The highest BCUT2D eigenvalue weighted by molar-refractivity contribution is 5.82. The third-order valence-corrected chi connectivity index (χ3v) is 2.32. The van der Waals surface area contributed by atoms with Crippen molar-refractivity contribution in [2.45, 2.75) is 40.0 Å². The van der Waals surface area contributed by atoms with Crippen LogP contribution in [-0.2, 0) is 11.2 Å². The van der Waals surface area contributed by atoms with Gasteiger partial charge in [0.15, 0.2) is 0 Å². The molecule has 7 nitrogen and oxygen atoms in total. The summed E-state index contributed by atoms with van der Waals surface area (Å²) in [6.45, 7) is 6.14.